The summed E-state index contributed by atoms with van der Waals surface area (Å²) in [5, 5.41) is 23.4. The molecule has 0 spiro atoms. The first-order valence-electron chi connectivity index (χ1n) is 14.9. The van der Waals surface area contributed by atoms with Crippen molar-refractivity contribution in [2.24, 2.45) is 5.92 Å². The van der Waals surface area contributed by atoms with Crippen LogP contribution in [0.25, 0.3) is 10.4 Å². The number of aliphatic hydroxyl groups excluding tert-OH is 1. The number of sulfonamides is 1. The van der Waals surface area contributed by atoms with Crippen LogP contribution in [-0.2, 0) is 33.8 Å². The number of benzene rings is 2. The molecule has 1 unspecified atom stereocenters. The summed E-state index contributed by atoms with van der Waals surface area (Å²) >= 11 is 1.16. The zero-order chi connectivity index (χ0) is 33.6. The zero-order valence-corrected chi connectivity index (χ0v) is 28.0. The predicted molar refractivity (Wildman–Crippen MR) is 172 cm³/mol. The molecule has 2 atom stereocenters. The average Bonchev–Trinajstić information content (AvgIpc) is 3.34. The number of carboxylic acids is 1. The first kappa shape index (κ1) is 36.7. The fraction of sp³-hybridized carbons (Fsp3) is 0.485. The van der Waals surface area contributed by atoms with Crippen molar-refractivity contribution in [3.05, 3.63) is 76.2 Å². The molecule has 2 aromatic carbocycles. The molecule has 0 fully saturated rings. The van der Waals surface area contributed by atoms with Crippen molar-refractivity contribution in [2.45, 2.75) is 82.5 Å². The van der Waals surface area contributed by atoms with Crippen molar-refractivity contribution in [2.75, 3.05) is 20.1 Å². The van der Waals surface area contributed by atoms with Crippen LogP contribution in [0.15, 0.2) is 59.5 Å². The van der Waals surface area contributed by atoms with Crippen LogP contribution in [0.3, 0.4) is 0 Å². The van der Waals surface area contributed by atoms with Crippen LogP contribution in [0.1, 0.15) is 61.6 Å². The van der Waals surface area contributed by atoms with Crippen molar-refractivity contribution in [3.8, 4) is 10.4 Å². The Balaban J connectivity index is 1.75. The van der Waals surface area contributed by atoms with Crippen molar-refractivity contribution in [3.63, 3.8) is 0 Å². The summed E-state index contributed by atoms with van der Waals surface area (Å²) in [5.41, 5.74) is 0.489. The van der Waals surface area contributed by atoms with Crippen LogP contribution in [0, 0.1) is 12.8 Å². The van der Waals surface area contributed by atoms with E-state index in [-0.39, 0.29) is 30.6 Å². The van der Waals surface area contributed by atoms with Crippen LogP contribution in [-0.4, -0.2) is 60.7 Å². The molecule has 3 aromatic rings. The third-order valence-corrected chi connectivity index (χ3v) is 11.0. The minimum Gasteiger partial charge on any atom is -0.481 e. The van der Waals surface area contributed by atoms with Gasteiger partial charge in [-0.3, -0.25) is 4.79 Å². The number of hydrogen-bond donors (Lipinski definition) is 3. The second-order valence-corrected chi connectivity index (χ2v) is 15.3. The smallest absolute Gasteiger partial charge is 0.416 e. The molecular weight excluding hydrogens is 626 g/mol. The van der Waals surface area contributed by atoms with Crippen molar-refractivity contribution in [1.82, 2.24) is 9.62 Å². The van der Waals surface area contributed by atoms with Crippen LogP contribution in [0.5, 0.6) is 0 Å². The molecule has 248 valence electrons. The number of carbonyl (C=O) groups is 1. The summed E-state index contributed by atoms with van der Waals surface area (Å²) in [6.45, 7) is 7.22. The molecule has 45 heavy (non-hydrogen) atoms. The van der Waals surface area contributed by atoms with Crippen molar-refractivity contribution in [1.29, 1.82) is 0 Å². The second kappa shape index (κ2) is 15.2. The number of carboxylic acid groups (broad SMARTS) is 1. The number of halogens is 3. The maximum Gasteiger partial charge on any atom is 0.416 e. The maximum absolute atomic E-state index is 14.0. The lowest BCUT2D eigenvalue weighted by Crippen LogP contribution is -2.46. The lowest BCUT2D eigenvalue weighted by molar-refractivity contribution is -0.141. The van der Waals surface area contributed by atoms with Gasteiger partial charge in [-0.15, -0.1) is 11.3 Å². The van der Waals surface area contributed by atoms with Gasteiger partial charge in [0.15, 0.2) is 0 Å². The number of likely N-dealkylation sites (N-methyl/N-ethyl adjacent to an activating group) is 1. The molecule has 0 amide bonds. The topological polar surface area (TPSA) is 107 Å². The fourth-order valence-electron chi connectivity index (χ4n) is 5.13. The Labute approximate surface area is 268 Å². The van der Waals surface area contributed by atoms with Gasteiger partial charge in [0, 0.05) is 35.4 Å². The summed E-state index contributed by atoms with van der Waals surface area (Å²) in [6.07, 6.45) is -2.66. The van der Waals surface area contributed by atoms with E-state index in [9.17, 15) is 36.6 Å². The number of β-amino-alcohol motifs (C(OH)–C–C–N with tert-alkyl or cyclic N) is 1. The van der Waals surface area contributed by atoms with Gasteiger partial charge in [0.05, 0.1) is 22.5 Å². The third kappa shape index (κ3) is 10.4. The largest absolute Gasteiger partial charge is 0.481 e. The molecule has 1 aromatic heterocycles. The standard InChI is InChI=1S/C33H43F3N2O5S2/c1-6-24(31(40)41)17-28-15-22(2)30(44-28)25-16-26(33(34,35)36)19-29(18-25)45(42,43)38(5)21-27(39)20-37-32(3,4)14-10-13-23-11-8-7-9-12-23/h7-9,11-12,15-16,18-19,24,27,37,39H,6,10,13-14,17,20-21H2,1-5H3,(H,40,41)/t24-,27?/m1/s1. The van der Waals surface area contributed by atoms with Crippen molar-refractivity contribution < 1.29 is 36.6 Å². The van der Waals surface area contributed by atoms with Crippen molar-refractivity contribution >= 4 is 27.3 Å². The molecule has 0 saturated heterocycles. The SMILES string of the molecule is CC[C@H](Cc1cc(C)c(-c2cc(C(F)(F)F)cc(S(=O)(=O)N(C)CC(O)CNC(C)(C)CCCc3ccccc3)c2)s1)C(=O)O. The van der Waals surface area contributed by atoms with Gasteiger partial charge in [0.2, 0.25) is 10.0 Å². The van der Waals surface area contributed by atoms with E-state index < -0.39 is 44.6 Å². The molecule has 3 rings (SSSR count). The predicted octanol–water partition coefficient (Wildman–Crippen LogP) is 6.77. The Kier molecular flexibility index (Phi) is 12.4. The van der Waals surface area contributed by atoms with E-state index in [1.165, 1.54) is 18.7 Å². The van der Waals surface area contributed by atoms with E-state index in [0.717, 1.165) is 41.0 Å². The van der Waals surface area contributed by atoms with Crippen LogP contribution >= 0.6 is 11.3 Å². The fourth-order valence-corrected chi connectivity index (χ4v) is 7.65. The number of aliphatic hydroxyl groups is 1. The summed E-state index contributed by atoms with van der Waals surface area (Å²) in [7, 11) is -3.18. The highest BCUT2D eigenvalue weighted by molar-refractivity contribution is 7.89. The molecule has 0 bridgehead atoms. The van der Waals surface area contributed by atoms with E-state index in [0.29, 0.717) is 27.8 Å². The molecule has 0 saturated carbocycles. The Hall–Kier alpha value is -2.77. The molecule has 0 aliphatic carbocycles. The van der Waals surface area contributed by atoms with E-state index in [1.807, 2.05) is 32.0 Å². The van der Waals surface area contributed by atoms with Gasteiger partial charge >= 0.3 is 12.1 Å². The van der Waals surface area contributed by atoms with Gasteiger partial charge in [0.1, 0.15) is 0 Å². The quantitative estimate of drug-likeness (QED) is 0.156. The molecule has 0 radical (unpaired) electrons. The first-order valence-corrected chi connectivity index (χ1v) is 17.2. The number of alkyl halides is 3. The highest BCUT2D eigenvalue weighted by Crippen LogP contribution is 2.39. The summed E-state index contributed by atoms with van der Waals surface area (Å²) in [5.74, 6) is -1.59. The average molecular weight is 669 g/mol. The number of hydrogen-bond acceptors (Lipinski definition) is 6. The molecule has 7 nitrogen and oxygen atoms in total. The number of aliphatic carboxylic acids is 1. The molecule has 1 heterocycles. The second-order valence-electron chi connectivity index (χ2n) is 12.2. The minimum absolute atomic E-state index is 0.0772. The number of nitrogens with one attached hydrogen (secondary N) is 1. The van der Waals surface area contributed by atoms with Gasteiger partial charge < -0.3 is 15.5 Å². The number of thiophene rings is 1. The molecule has 3 N–H and O–H groups in total. The van der Waals surface area contributed by atoms with Gasteiger partial charge in [-0.1, -0.05) is 37.3 Å². The zero-order valence-electron chi connectivity index (χ0n) is 26.3. The Morgan fingerprint density at radius 1 is 1.09 bits per heavy atom. The third-order valence-electron chi connectivity index (χ3n) is 7.86. The van der Waals surface area contributed by atoms with E-state index in [4.69, 9.17) is 0 Å². The number of rotatable bonds is 16. The maximum atomic E-state index is 14.0. The summed E-state index contributed by atoms with van der Waals surface area (Å²) in [4.78, 5) is 12.1. The highest BCUT2D eigenvalue weighted by atomic mass is 32.2. The van der Waals surface area contributed by atoms with Crippen LogP contribution < -0.4 is 5.32 Å². The van der Waals surface area contributed by atoms with Gasteiger partial charge in [-0.2, -0.15) is 17.5 Å². The number of nitrogens with zero attached hydrogens (tertiary/aromatic N) is 1. The lowest BCUT2D eigenvalue weighted by Gasteiger charge is -2.29. The van der Waals surface area contributed by atoms with Gasteiger partial charge in [-0.25, -0.2) is 8.42 Å². The van der Waals surface area contributed by atoms with E-state index in [1.54, 1.807) is 19.9 Å². The Morgan fingerprint density at radius 3 is 2.36 bits per heavy atom. The molecule has 12 heteroatoms. The van der Waals surface area contributed by atoms with E-state index >= 15 is 0 Å². The molecular formula is C33H43F3N2O5S2. The van der Waals surface area contributed by atoms with Gasteiger partial charge in [-0.05, 0) is 93.8 Å². The summed E-state index contributed by atoms with van der Waals surface area (Å²) in [6, 6.07) is 14.5. The highest BCUT2D eigenvalue weighted by Gasteiger charge is 2.34. The summed E-state index contributed by atoms with van der Waals surface area (Å²) < 4.78 is 69.8. The van der Waals surface area contributed by atoms with Crippen LogP contribution in [0.2, 0.25) is 0 Å². The number of aryl methyl sites for hydroxylation is 2. The Morgan fingerprint density at radius 2 is 1.76 bits per heavy atom. The first-order chi connectivity index (χ1) is 20.9. The Bertz CT molecular complexity index is 1540. The monoisotopic (exact) mass is 668 g/mol. The van der Waals surface area contributed by atoms with Crippen LogP contribution in [0.4, 0.5) is 13.2 Å². The molecule has 0 aliphatic rings. The van der Waals surface area contributed by atoms with Gasteiger partial charge in [0.25, 0.3) is 0 Å². The minimum atomic E-state index is -4.81. The lowest BCUT2D eigenvalue weighted by atomic mass is 9.95. The molecule has 0 aliphatic heterocycles. The van der Waals surface area contributed by atoms with E-state index in [2.05, 4.69) is 17.4 Å². The normalized spacial score (nSPS) is 14.1.